The van der Waals surface area contributed by atoms with Crippen LogP contribution in [0, 0.1) is 0 Å². The highest BCUT2D eigenvalue weighted by Crippen LogP contribution is 2.18. The SMILES string of the molecule is CC(NC(=O)C1CSCN1)c1cccs1.Cl. The summed E-state index contributed by atoms with van der Waals surface area (Å²) >= 11 is 3.44. The maximum atomic E-state index is 11.8. The van der Waals surface area contributed by atoms with E-state index in [1.165, 1.54) is 4.88 Å². The minimum Gasteiger partial charge on any atom is -0.347 e. The lowest BCUT2D eigenvalue weighted by Crippen LogP contribution is -2.42. The molecule has 2 rings (SSSR count). The molecule has 6 heteroatoms. The molecule has 16 heavy (non-hydrogen) atoms. The summed E-state index contributed by atoms with van der Waals surface area (Å²) in [6.45, 7) is 2.02. The molecule has 0 bridgehead atoms. The summed E-state index contributed by atoms with van der Waals surface area (Å²) in [5.41, 5.74) is 0. The van der Waals surface area contributed by atoms with E-state index in [1.807, 2.05) is 24.4 Å². The van der Waals surface area contributed by atoms with E-state index in [1.54, 1.807) is 23.1 Å². The van der Waals surface area contributed by atoms with Gasteiger partial charge in [0, 0.05) is 16.5 Å². The third-order valence-corrected chi connectivity index (χ3v) is 4.36. The Bertz CT molecular complexity index is 326. The highest BCUT2D eigenvalue weighted by molar-refractivity contribution is 7.99. The Morgan fingerprint density at radius 1 is 1.69 bits per heavy atom. The molecule has 1 amide bonds. The standard InChI is InChI=1S/C10H14N2OS2.ClH/c1-7(9-3-2-4-15-9)12-10(13)8-5-14-6-11-8;/h2-4,7-8,11H,5-6H2,1H3,(H,12,13);1H. The molecule has 1 aliphatic heterocycles. The Labute approximate surface area is 110 Å². The van der Waals surface area contributed by atoms with Crippen molar-refractivity contribution in [2.75, 3.05) is 11.6 Å². The van der Waals surface area contributed by atoms with Crippen LogP contribution in [-0.2, 0) is 4.79 Å². The van der Waals surface area contributed by atoms with Crippen molar-refractivity contribution in [3.63, 3.8) is 0 Å². The van der Waals surface area contributed by atoms with Gasteiger partial charge in [0.2, 0.25) is 5.91 Å². The van der Waals surface area contributed by atoms with E-state index in [4.69, 9.17) is 0 Å². The van der Waals surface area contributed by atoms with Crippen LogP contribution in [0.1, 0.15) is 17.8 Å². The number of halogens is 1. The zero-order valence-electron chi connectivity index (χ0n) is 8.93. The van der Waals surface area contributed by atoms with Crippen LogP contribution in [0.15, 0.2) is 17.5 Å². The Kier molecular flexibility index (Phi) is 5.61. The molecule has 90 valence electrons. The number of hydrogen-bond acceptors (Lipinski definition) is 4. The van der Waals surface area contributed by atoms with Crippen LogP contribution < -0.4 is 10.6 Å². The lowest BCUT2D eigenvalue weighted by atomic mass is 10.2. The number of thioether (sulfide) groups is 1. The first-order valence-electron chi connectivity index (χ1n) is 4.92. The van der Waals surface area contributed by atoms with Crippen molar-refractivity contribution >= 4 is 41.4 Å². The lowest BCUT2D eigenvalue weighted by Gasteiger charge is -2.15. The highest BCUT2D eigenvalue weighted by Gasteiger charge is 2.23. The fraction of sp³-hybridized carbons (Fsp3) is 0.500. The minimum atomic E-state index is -0.0163. The van der Waals surface area contributed by atoms with Crippen molar-refractivity contribution in [1.82, 2.24) is 10.6 Å². The van der Waals surface area contributed by atoms with Crippen LogP contribution in [0.5, 0.6) is 0 Å². The predicted molar refractivity (Wildman–Crippen MR) is 72.4 cm³/mol. The average Bonchev–Trinajstić information content (AvgIpc) is 2.91. The van der Waals surface area contributed by atoms with Gasteiger partial charge in [0.1, 0.15) is 0 Å². The third kappa shape index (κ3) is 3.38. The fourth-order valence-electron chi connectivity index (χ4n) is 1.49. The van der Waals surface area contributed by atoms with E-state index in [0.29, 0.717) is 0 Å². The van der Waals surface area contributed by atoms with Crippen molar-refractivity contribution < 1.29 is 4.79 Å². The van der Waals surface area contributed by atoms with Crippen molar-refractivity contribution in [2.24, 2.45) is 0 Å². The Morgan fingerprint density at radius 2 is 2.50 bits per heavy atom. The topological polar surface area (TPSA) is 41.1 Å². The van der Waals surface area contributed by atoms with Crippen LogP contribution in [0.2, 0.25) is 0 Å². The van der Waals surface area contributed by atoms with E-state index in [-0.39, 0.29) is 30.4 Å². The first-order valence-corrected chi connectivity index (χ1v) is 6.95. The number of rotatable bonds is 3. The first-order chi connectivity index (χ1) is 7.27. The average molecular weight is 279 g/mol. The summed E-state index contributed by atoms with van der Waals surface area (Å²) < 4.78 is 0. The molecule has 1 aliphatic rings. The summed E-state index contributed by atoms with van der Waals surface area (Å²) in [5.74, 6) is 1.87. The lowest BCUT2D eigenvalue weighted by molar-refractivity contribution is -0.123. The maximum absolute atomic E-state index is 11.8. The van der Waals surface area contributed by atoms with E-state index in [2.05, 4.69) is 10.6 Å². The van der Waals surface area contributed by atoms with Crippen LogP contribution in [0.4, 0.5) is 0 Å². The molecular formula is C10H15ClN2OS2. The van der Waals surface area contributed by atoms with E-state index in [9.17, 15) is 4.79 Å². The number of amides is 1. The Morgan fingerprint density at radius 3 is 3.06 bits per heavy atom. The van der Waals surface area contributed by atoms with Crippen LogP contribution in [0.25, 0.3) is 0 Å². The maximum Gasteiger partial charge on any atom is 0.238 e. The smallest absolute Gasteiger partial charge is 0.238 e. The van der Waals surface area contributed by atoms with Gasteiger partial charge in [-0.15, -0.1) is 35.5 Å². The van der Waals surface area contributed by atoms with Crippen molar-refractivity contribution in [1.29, 1.82) is 0 Å². The molecule has 0 aliphatic carbocycles. The summed E-state index contributed by atoms with van der Waals surface area (Å²) in [6, 6.07) is 4.15. The van der Waals surface area contributed by atoms with Gasteiger partial charge in [0.15, 0.2) is 0 Å². The van der Waals surface area contributed by atoms with Gasteiger partial charge in [0.05, 0.1) is 12.1 Å². The van der Waals surface area contributed by atoms with Gasteiger partial charge >= 0.3 is 0 Å². The quantitative estimate of drug-likeness (QED) is 0.889. The van der Waals surface area contributed by atoms with Crippen molar-refractivity contribution in [2.45, 2.75) is 19.0 Å². The summed E-state index contributed by atoms with van der Waals surface area (Å²) in [7, 11) is 0. The summed E-state index contributed by atoms with van der Waals surface area (Å²) in [6.07, 6.45) is 0. The molecule has 3 nitrogen and oxygen atoms in total. The molecule has 1 aromatic heterocycles. The number of carbonyl (C=O) groups is 1. The van der Waals surface area contributed by atoms with Crippen LogP contribution >= 0.6 is 35.5 Å². The molecule has 1 saturated heterocycles. The Hall–Kier alpha value is -0.230. The number of thiophene rings is 1. The van der Waals surface area contributed by atoms with Crippen LogP contribution in [0.3, 0.4) is 0 Å². The molecule has 1 aromatic rings. The highest BCUT2D eigenvalue weighted by atomic mass is 35.5. The molecule has 0 spiro atoms. The molecule has 0 saturated carbocycles. The molecule has 2 N–H and O–H groups in total. The van der Waals surface area contributed by atoms with Crippen LogP contribution in [-0.4, -0.2) is 23.6 Å². The molecule has 1 fully saturated rings. The molecule has 0 radical (unpaired) electrons. The number of hydrogen-bond donors (Lipinski definition) is 2. The second-order valence-corrected chi connectivity index (χ2v) is 5.53. The number of nitrogens with one attached hydrogen (secondary N) is 2. The summed E-state index contributed by atoms with van der Waals surface area (Å²) in [4.78, 5) is 13.0. The fourth-order valence-corrected chi connectivity index (χ4v) is 3.16. The second kappa shape index (κ2) is 6.49. The van der Waals surface area contributed by atoms with Crippen molar-refractivity contribution in [3.05, 3.63) is 22.4 Å². The molecule has 2 heterocycles. The normalized spacial score (nSPS) is 21.2. The second-order valence-electron chi connectivity index (χ2n) is 3.52. The predicted octanol–water partition coefficient (Wildman–Crippen LogP) is 2.01. The molecule has 0 aromatic carbocycles. The van der Waals surface area contributed by atoms with Gasteiger partial charge in [-0.3, -0.25) is 10.1 Å². The van der Waals surface area contributed by atoms with Gasteiger partial charge in [-0.05, 0) is 18.4 Å². The molecular weight excluding hydrogens is 264 g/mol. The van der Waals surface area contributed by atoms with E-state index < -0.39 is 0 Å². The molecule has 2 unspecified atom stereocenters. The van der Waals surface area contributed by atoms with Gasteiger partial charge < -0.3 is 5.32 Å². The zero-order chi connectivity index (χ0) is 10.7. The van der Waals surface area contributed by atoms with E-state index >= 15 is 0 Å². The molecule has 2 atom stereocenters. The summed E-state index contributed by atoms with van der Waals surface area (Å²) in [5, 5.41) is 8.21. The van der Waals surface area contributed by atoms with Gasteiger partial charge in [-0.25, -0.2) is 0 Å². The Balaban J connectivity index is 0.00000128. The third-order valence-electron chi connectivity index (χ3n) is 2.36. The first kappa shape index (κ1) is 13.8. The van der Waals surface area contributed by atoms with Gasteiger partial charge in [-0.1, -0.05) is 6.07 Å². The largest absolute Gasteiger partial charge is 0.347 e. The zero-order valence-corrected chi connectivity index (χ0v) is 11.4. The van der Waals surface area contributed by atoms with Gasteiger partial charge in [-0.2, -0.15) is 0 Å². The minimum absolute atomic E-state index is 0. The van der Waals surface area contributed by atoms with Gasteiger partial charge in [0.25, 0.3) is 0 Å². The number of carbonyl (C=O) groups excluding carboxylic acids is 1. The van der Waals surface area contributed by atoms with E-state index in [0.717, 1.165) is 11.6 Å². The monoisotopic (exact) mass is 278 g/mol. The van der Waals surface area contributed by atoms with Crippen molar-refractivity contribution in [3.8, 4) is 0 Å².